The second kappa shape index (κ2) is 10.6. The highest BCUT2D eigenvalue weighted by atomic mass is 16.5. The number of carbonyl (C=O) groups is 3. The zero-order valence-corrected chi connectivity index (χ0v) is 18.7. The van der Waals surface area contributed by atoms with Crippen molar-refractivity contribution < 1.29 is 19.1 Å². The van der Waals surface area contributed by atoms with Gasteiger partial charge in [0.2, 0.25) is 5.91 Å². The third-order valence-corrected chi connectivity index (χ3v) is 5.29. The van der Waals surface area contributed by atoms with Gasteiger partial charge in [-0.1, -0.05) is 36.4 Å². The number of hydrogen-bond donors (Lipinski definition) is 2. The van der Waals surface area contributed by atoms with Gasteiger partial charge < -0.3 is 16.2 Å². The molecule has 3 aromatic carbocycles. The highest BCUT2D eigenvalue weighted by molar-refractivity contribution is 5.96. The summed E-state index contributed by atoms with van der Waals surface area (Å²) < 4.78 is 5.24. The first-order valence-corrected chi connectivity index (χ1v) is 10.4. The van der Waals surface area contributed by atoms with E-state index < -0.39 is 11.8 Å². The second-order valence-corrected chi connectivity index (χ2v) is 7.87. The third-order valence-electron chi connectivity index (χ3n) is 5.29. The Balaban J connectivity index is 1.93. The summed E-state index contributed by atoms with van der Waals surface area (Å²) in [4.78, 5) is 37.4. The SMILES string of the molecule is COc1ccc(CN(Cc2cccc(C(C)=O)c2)Cc2cccc(C(N)=O)c2)cc1C(N)=O. The van der Waals surface area contributed by atoms with E-state index in [4.69, 9.17) is 16.2 Å². The lowest BCUT2D eigenvalue weighted by Crippen LogP contribution is -2.23. The van der Waals surface area contributed by atoms with Gasteiger partial charge in [0.05, 0.1) is 12.7 Å². The molecule has 0 spiro atoms. The van der Waals surface area contributed by atoms with Crippen LogP contribution in [0.5, 0.6) is 5.75 Å². The highest BCUT2D eigenvalue weighted by Crippen LogP contribution is 2.22. The van der Waals surface area contributed by atoms with Crippen LogP contribution in [-0.2, 0) is 19.6 Å². The van der Waals surface area contributed by atoms with Crippen LogP contribution in [0.25, 0.3) is 0 Å². The van der Waals surface area contributed by atoms with Crippen LogP contribution in [0.2, 0.25) is 0 Å². The first-order valence-electron chi connectivity index (χ1n) is 10.4. The van der Waals surface area contributed by atoms with Crippen LogP contribution in [0.1, 0.15) is 54.7 Å². The molecule has 33 heavy (non-hydrogen) atoms. The van der Waals surface area contributed by atoms with Gasteiger partial charge >= 0.3 is 0 Å². The monoisotopic (exact) mass is 445 g/mol. The standard InChI is InChI=1S/C26H27N3O4/c1-17(30)21-7-3-5-18(11-21)14-29(15-19-6-4-8-22(12-19)25(27)31)16-20-9-10-24(33-2)23(13-20)26(28)32/h3-13H,14-16H2,1-2H3,(H2,27,31)(H2,28,32). The predicted molar refractivity (Wildman–Crippen MR) is 126 cm³/mol. The fraction of sp³-hybridized carbons (Fsp3) is 0.192. The number of carbonyl (C=O) groups excluding carboxylic acids is 3. The Morgan fingerprint density at radius 3 is 1.82 bits per heavy atom. The lowest BCUT2D eigenvalue weighted by Gasteiger charge is -2.24. The predicted octanol–water partition coefficient (Wildman–Crippen LogP) is 3.30. The van der Waals surface area contributed by atoms with Crippen LogP contribution in [0.4, 0.5) is 0 Å². The molecule has 0 heterocycles. The summed E-state index contributed by atoms with van der Waals surface area (Å²) in [5.41, 5.74) is 15.1. The van der Waals surface area contributed by atoms with Gasteiger partial charge in [0.1, 0.15) is 5.75 Å². The van der Waals surface area contributed by atoms with Crippen LogP contribution in [0.3, 0.4) is 0 Å². The fourth-order valence-electron chi connectivity index (χ4n) is 3.70. The van der Waals surface area contributed by atoms with E-state index in [1.807, 2.05) is 30.3 Å². The number of primary amides is 2. The van der Waals surface area contributed by atoms with Gasteiger partial charge in [0, 0.05) is 30.8 Å². The minimum atomic E-state index is -0.566. The van der Waals surface area contributed by atoms with Gasteiger partial charge in [-0.15, -0.1) is 0 Å². The van der Waals surface area contributed by atoms with Crippen molar-refractivity contribution in [3.8, 4) is 5.75 Å². The molecular weight excluding hydrogens is 418 g/mol. The molecule has 3 aromatic rings. The third kappa shape index (κ3) is 6.27. The quantitative estimate of drug-likeness (QED) is 0.465. The fourth-order valence-corrected chi connectivity index (χ4v) is 3.70. The number of ether oxygens (including phenoxy) is 1. The first-order chi connectivity index (χ1) is 15.8. The Labute approximate surface area is 193 Å². The van der Waals surface area contributed by atoms with Gasteiger partial charge in [-0.3, -0.25) is 19.3 Å². The molecule has 0 unspecified atom stereocenters. The van der Waals surface area contributed by atoms with E-state index in [0.29, 0.717) is 42.1 Å². The lowest BCUT2D eigenvalue weighted by atomic mass is 10.0. The smallest absolute Gasteiger partial charge is 0.252 e. The van der Waals surface area contributed by atoms with Gasteiger partial charge in [0.15, 0.2) is 5.78 Å². The molecule has 3 rings (SSSR count). The molecule has 0 aliphatic rings. The maximum Gasteiger partial charge on any atom is 0.252 e. The van der Waals surface area contributed by atoms with E-state index in [9.17, 15) is 14.4 Å². The zero-order valence-electron chi connectivity index (χ0n) is 18.7. The summed E-state index contributed by atoms with van der Waals surface area (Å²) in [7, 11) is 1.49. The Kier molecular flexibility index (Phi) is 7.58. The average Bonchev–Trinajstić information content (AvgIpc) is 2.79. The summed E-state index contributed by atoms with van der Waals surface area (Å²) in [6.07, 6.45) is 0. The maximum atomic E-state index is 11.9. The molecule has 0 saturated heterocycles. The Morgan fingerprint density at radius 1 is 0.758 bits per heavy atom. The molecule has 2 amide bonds. The van der Waals surface area contributed by atoms with Crippen molar-refractivity contribution in [2.75, 3.05) is 7.11 Å². The van der Waals surface area contributed by atoms with E-state index in [1.165, 1.54) is 14.0 Å². The van der Waals surface area contributed by atoms with Gasteiger partial charge in [-0.2, -0.15) is 0 Å². The number of benzene rings is 3. The van der Waals surface area contributed by atoms with E-state index in [0.717, 1.165) is 16.7 Å². The van der Waals surface area contributed by atoms with Crippen molar-refractivity contribution in [3.63, 3.8) is 0 Å². The molecule has 7 nitrogen and oxygen atoms in total. The van der Waals surface area contributed by atoms with Crippen molar-refractivity contribution >= 4 is 17.6 Å². The van der Waals surface area contributed by atoms with Crippen LogP contribution >= 0.6 is 0 Å². The summed E-state index contributed by atoms with van der Waals surface area (Å²) >= 11 is 0. The molecule has 4 N–H and O–H groups in total. The second-order valence-electron chi connectivity index (χ2n) is 7.87. The minimum absolute atomic E-state index is 0.00110. The van der Waals surface area contributed by atoms with E-state index in [1.54, 1.807) is 36.4 Å². The Hall–Kier alpha value is -3.97. The number of hydrogen-bond acceptors (Lipinski definition) is 5. The first kappa shape index (κ1) is 23.7. The van der Waals surface area contributed by atoms with E-state index in [-0.39, 0.29) is 5.78 Å². The van der Waals surface area contributed by atoms with Gasteiger partial charge in [0.25, 0.3) is 5.91 Å². The van der Waals surface area contributed by atoms with Gasteiger partial charge in [-0.05, 0) is 53.9 Å². The summed E-state index contributed by atoms with van der Waals surface area (Å²) in [5, 5.41) is 0. The number of ketones is 1. The molecule has 170 valence electrons. The van der Waals surface area contributed by atoms with Gasteiger partial charge in [-0.25, -0.2) is 0 Å². The van der Waals surface area contributed by atoms with Crippen molar-refractivity contribution in [3.05, 3.63) is 100 Å². The molecule has 7 heteroatoms. The van der Waals surface area contributed by atoms with Crippen molar-refractivity contribution in [1.29, 1.82) is 0 Å². The summed E-state index contributed by atoms with van der Waals surface area (Å²) in [6, 6.07) is 20.0. The number of nitrogens with two attached hydrogens (primary N) is 2. The topological polar surface area (TPSA) is 116 Å². The Bertz CT molecular complexity index is 1130. The largest absolute Gasteiger partial charge is 0.496 e. The van der Waals surface area contributed by atoms with E-state index in [2.05, 4.69) is 4.90 Å². The molecule has 0 aliphatic carbocycles. The van der Waals surface area contributed by atoms with Crippen molar-refractivity contribution in [2.45, 2.75) is 26.6 Å². The average molecular weight is 446 g/mol. The normalized spacial score (nSPS) is 10.8. The zero-order chi connectivity index (χ0) is 24.0. The molecular formula is C26H27N3O4. The number of nitrogens with zero attached hydrogens (tertiary/aromatic N) is 1. The van der Waals surface area contributed by atoms with Crippen LogP contribution in [-0.4, -0.2) is 29.6 Å². The summed E-state index contributed by atoms with van der Waals surface area (Å²) in [5.74, 6) is -0.637. The molecule has 0 aliphatic heterocycles. The van der Waals surface area contributed by atoms with Crippen LogP contribution in [0, 0.1) is 0 Å². The minimum Gasteiger partial charge on any atom is -0.496 e. The number of Topliss-reactive ketones (excluding diaryl/α,β-unsaturated/α-hetero) is 1. The Morgan fingerprint density at radius 2 is 1.30 bits per heavy atom. The number of methoxy groups -OCH3 is 1. The summed E-state index contributed by atoms with van der Waals surface area (Å²) in [6.45, 7) is 3.09. The molecule has 0 atom stereocenters. The van der Waals surface area contributed by atoms with Crippen LogP contribution < -0.4 is 16.2 Å². The highest BCUT2D eigenvalue weighted by Gasteiger charge is 2.14. The molecule has 0 radical (unpaired) electrons. The molecule has 0 saturated carbocycles. The molecule has 0 fully saturated rings. The lowest BCUT2D eigenvalue weighted by molar-refractivity contribution is 0.0990. The number of amides is 2. The van der Waals surface area contributed by atoms with Crippen molar-refractivity contribution in [1.82, 2.24) is 4.90 Å². The van der Waals surface area contributed by atoms with E-state index >= 15 is 0 Å². The molecule has 0 bridgehead atoms. The molecule has 0 aromatic heterocycles. The number of rotatable bonds is 10. The van der Waals surface area contributed by atoms with Crippen molar-refractivity contribution in [2.24, 2.45) is 11.5 Å². The maximum absolute atomic E-state index is 11.9. The van der Waals surface area contributed by atoms with Crippen LogP contribution in [0.15, 0.2) is 66.7 Å².